The molecule has 0 aromatic carbocycles. The van der Waals surface area contributed by atoms with Crippen LogP contribution in [0.5, 0.6) is 0 Å². The normalized spacial score (nSPS) is 37.4. The maximum Gasteiger partial charge on any atom is 0.0771 e. The van der Waals surface area contributed by atoms with E-state index in [1.54, 1.807) is 0 Å². The minimum Gasteiger partial charge on any atom is -0.389 e. The average molecular weight is 268 g/mol. The fourth-order valence-corrected chi connectivity index (χ4v) is 3.57. The summed E-state index contributed by atoms with van der Waals surface area (Å²) < 4.78 is 0. The third-order valence-electron chi connectivity index (χ3n) is 5.23. The van der Waals surface area contributed by atoms with Crippen LogP contribution in [0.2, 0.25) is 0 Å². The summed E-state index contributed by atoms with van der Waals surface area (Å²) in [5.74, 6) is 0.802. The number of likely N-dealkylation sites (tertiary alicyclic amines) is 1. The van der Waals surface area contributed by atoms with Crippen LogP contribution in [0, 0.1) is 5.92 Å². The van der Waals surface area contributed by atoms with Crippen LogP contribution in [0.25, 0.3) is 0 Å². The molecule has 0 spiro atoms. The monoisotopic (exact) mass is 268 g/mol. The molecule has 3 nitrogen and oxygen atoms in total. The van der Waals surface area contributed by atoms with Crippen molar-refractivity contribution in [3.63, 3.8) is 0 Å². The van der Waals surface area contributed by atoms with E-state index in [0.29, 0.717) is 0 Å². The average Bonchev–Trinajstić information content (AvgIpc) is 2.41. The van der Waals surface area contributed by atoms with E-state index >= 15 is 0 Å². The Morgan fingerprint density at radius 2 is 1.95 bits per heavy atom. The van der Waals surface area contributed by atoms with Crippen molar-refractivity contribution in [2.75, 3.05) is 26.7 Å². The predicted molar refractivity (Wildman–Crippen MR) is 80.3 cm³/mol. The summed E-state index contributed by atoms with van der Waals surface area (Å²) in [6, 6.07) is 0.752. The second-order valence-corrected chi connectivity index (χ2v) is 7.00. The van der Waals surface area contributed by atoms with Crippen LogP contribution in [0.15, 0.2) is 0 Å². The van der Waals surface area contributed by atoms with Crippen molar-refractivity contribution in [2.24, 2.45) is 5.92 Å². The van der Waals surface area contributed by atoms with Gasteiger partial charge >= 0.3 is 0 Å². The molecule has 0 aromatic rings. The molecule has 1 saturated carbocycles. The molecular weight excluding hydrogens is 236 g/mol. The maximum absolute atomic E-state index is 10.5. The predicted octanol–water partition coefficient (Wildman–Crippen LogP) is 2.39. The van der Waals surface area contributed by atoms with E-state index < -0.39 is 5.60 Å². The Bertz CT molecular complexity index is 261. The summed E-state index contributed by atoms with van der Waals surface area (Å²) in [5, 5.41) is 14.0. The largest absolute Gasteiger partial charge is 0.389 e. The van der Waals surface area contributed by atoms with E-state index in [2.05, 4.69) is 24.2 Å². The van der Waals surface area contributed by atoms with Gasteiger partial charge in [-0.15, -0.1) is 0 Å². The van der Waals surface area contributed by atoms with E-state index in [1.807, 2.05) is 0 Å². The zero-order valence-corrected chi connectivity index (χ0v) is 12.8. The van der Waals surface area contributed by atoms with E-state index in [9.17, 15) is 5.11 Å². The Morgan fingerprint density at radius 3 is 2.63 bits per heavy atom. The molecular formula is C16H32N2O. The van der Waals surface area contributed by atoms with Gasteiger partial charge in [0.15, 0.2) is 0 Å². The van der Waals surface area contributed by atoms with Gasteiger partial charge in [-0.2, -0.15) is 0 Å². The number of aliphatic hydroxyl groups is 1. The molecule has 1 aliphatic carbocycles. The topological polar surface area (TPSA) is 35.5 Å². The van der Waals surface area contributed by atoms with Gasteiger partial charge in [0.25, 0.3) is 0 Å². The van der Waals surface area contributed by atoms with Crippen LogP contribution in [0.1, 0.15) is 58.3 Å². The third-order valence-corrected chi connectivity index (χ3v) is 5.23. The second kappa shape index (κ2) is 7.05. The van der Waals surface area contributed by atoms with Crippen LogP contribution in [0.3, 0.4) is 0 Å². The van der Waals surface area contributed by atoms with Crippen LogP contribution < -0.4 is 5.32 Å². The Labute approximate surface area is 118 Å². The molecule has 2 fully saturated rings. The van der Waals surface area contributed by atoms with Gasteiger partial charge in [0.2, 0.25) is 0 Å². The summed E-state index contributed by atoms with van der Waals surface area (Å²) in [6.45, 7) is 5.39. The number of nitrogens with one attached hydrogen (secondary N) is 1. The molecule has 1 heterocycles. The first-order valence-corrected chi connectivity index (χ1v) is 8.22. The first-order chi connectivity index (χ1) is 9.09. The molecule has 1 saturated heterocycles. The van der Waals surface area contributed by atoms with E-state index in [1.165, 1.54) is 45.1 Å². The fourth-order valence-electron chi connectivity index (χ4n) is 3.57. The summed E-state index contributed by atoms with van der Waals surface area (Å²) in [5.41, 5.74) is -0.426. The molecule has 1 unspecified atom stereocenters. The number of hydrogen-bond donors (Lipinski definition) is 2. The van der Waals surface area contributed by atoms with Crippen molar-refractivity contribution in [1.82, 2.24) is 10.2 Å². The van der Waals surface area contributed by atoms with Crippen LogP contribution in [0.4, 0.5) is 0 Å². The zero-order valence-electron chi connectivity index (χ0n) is 12.8. The maximum atomic E-state index is 10.5. The van der Waals surface area contributed by atoms with Gasteiger partial charge in [0.05, 0.1) is 5.60 Å². The highest BCUT2D eigenvalue weighted by atomic mass is 16.3. The summed E-state index contributed by atoms with van der Waals surface area (Å²) in [6.07, 6.45) is 9.64. The third kappa shape index (κ3) is 4.73. The van der Waals surface area contributed by atoms with Gasteiger partial charge in [0, 0.05) is 12.6 Å². The standard InChI is InChI=1S/C16H32N2O/c1-14-6-9-16(19,10-7-14)13-17-11-8-15-5-3-4-12-18(15)2/h14-15,17,19H,3-13H2,1-2H3. The summed E-state index contributed by atoms with van der Waals surface area (Å²) >= 11 is 0. The number of rotatable bonds is 5. The molecule has 1 atom stereocenters. The highest BCUT2D eigenvalue weighted by molar-refractivity contribution is 4.86. The fraction of sp³-hybridized carbons (Fsp3) is 1.00. The van der Waals surface area contributed by atoms with E-state index in [0.717, 1.165) is 37.9 Å². The molecule has 2 rings (SSSR count). The van der Waals surface area contributed by atoms with Gasteiger partial charge in [-0.3, -0.25) is 0 Å². The lowest BCUT2D eigenvalue weighted by Gasteiger charge is -2.36. The number of nitrogens with zero attached hydrogens (tertiary/aromatic N) is 1. The molecule has 19 heavy (non-hydrogen) atoms. The van der Waals surface area contributed by atoms with Gasteiger partial charge in [0.1, 0.15) is 0 Å². The van der Waals surface area contributed by atoms with Gasteiger partial charge in [-0.05, 0) is 71.0 Å². The number of hydrogen-bond acceptors (Lipinski definition) is 3. The minimum absolute atomic E-state index is 0.426. The van der Waals surface area contributed by atoms with Gasteiger partial charge < -0.3 is 15.3 Å². The summed E-state index contributed by atoms with van der Waals surface area (Å²) in [7, 11) is 2.25. The molecule has 2 N–H and O–H groups in total. The molecule has 0 amide bonds. The number of piperidine rings is 1. The molecule has 3 heteroatoms. The lowest BCUT2D eigenvalue weighted by Crippen LogP contribution is -2.45. The first-order valence-electron chi connectivity index (χ1n) is 8.22. The van der Waals surface area contributed by atoms with Crippen molar-refractivity contribution in [1.29, 1.82) is 0 Å². The Morgan fingerprint density at radius 1 is 1.21 bits per heavy atom. The highest BCUT2D eigenvalue weighted by Crippen LogP contribution is 2.31. The van der Waals surface area contributed by atoms with Crippen LogP contribution in [-0.2, 0) is 0 Å². The van der Waals surface area contributed by atoms with Crippen molar-refractivity contribution >= 4 is 0 Å². The zero-order chi connectivity index (χ0) is 13.7. The smallest absolute Gasteiger partial charge is 0.0771 e. The van der Waals surface area contributed by atoms with Crippen molar-refractivity contribution < 1.29 is 5.11 Å². The lowest BCUT2D eigenvalue weighted by molar-refractivity contribution is -0.00634. The SMILES string of the molecule is CC1CCC(O)(CNCCC2CCCCN2C)CC1. The quantitative estimate of drug-likeness (QED) is 0.752. The Balaban J connectivity index is 1.61. The molecule has 1 aliphatic heterocycles. The van der Waals surface area contributed by atoms with Crippen molar-refractivity contribution in [3.8, 4) is 0 Å². The molecule has 0 radical (unpaired) electrons. The van der Waals surface area contributed by atoms with Crippen molar-refractivity contribution in [2.45, 2.75) is 69.9 Å². The molecule has 2 aliphatic rings. The van der Waals surface area contributed by atoms with Crippen molar-refractivity contribution in [3.05, 3.63) is 0 Å². The van der Waals surface area contributed by atoms with Crippen LogP contribution in [-0.4, -0.2) is 48.3 Å². The highest BCUT2D eigenvalue weighted by Gasteiger charge is 2.31. The van der Waals surface area contributed by atoms with Gasteiger partial charge in [-0.1, -0.05) is 13.3 Å². The Kier molecular flexibility index (Phi) is 5.67. The van der Waals surface area contributed by atoms with Crippen LogP contribution >= 0.6 is 0 Å². The minimum atomic E-state index is -0.426. The summed E-state index contributed by atoms with van der Waals surface area (Å²) in [4.78, 5) is 2.50. The second-order valence-electron chi connectivity index (χ2n) is 7.00. The van der Waals surface area contributed by atoms with E-state index in [4.69, 9.17) is 0 Å². The molecule has 0 bridgehead atoms. The molecule has 0 aromatic heterocycles. The Hall–Kier alpha value is -0.120. The van der Waals surface area contributed by atoms with E-state index in [-0.39, 0.29) is 0 Å². The molecule has 112 valence electrons. The van der Waals surface area contributed by atoms with Gasteiger partial charge in [-0.25, -0.2) is 0 Å². The first kappa shape index (κ1) is 15.3. The lowest BCUT2D eigenvalue weighted by atomic mass is 9.79.